The lowest BCUT2D eigenvalue weighted by molar-refractivity contribution is 0.0745. The molecule has 0 saturated carbocycles. The number of benzene rings is 2. The molecule has 3 aromatic rings. The third-order valence-corrected chi connectivity index (χ3v) is 6.06. The standard InChI is InChI=1S/C26H30N4O/c1-2-29(20-23-11-7-4-8-12-23)26(31)24-13-14-25(28-27-24)30-17-15-22(16-18-30)19-21-9-5-3-6-10-21/h3-14,22H,2,15-20H2,1H3. The molecule has 1 saturated heterocycles. The third-order valence-electron chi connectivity index (χ3n) is 6.06. The summed E-state index contributed by atoms with van der Waals surface area (Å²) in [6.07, 6.45) is 3.44. The Labute approximate surface area is 184 Å². The Morgan fingerprint density at radius 2 is 1.55 bits per heavy atom. The molecule has 1 amide bonds. The second-order valence-electron chi connectivity index (χ2n) is 8.20. The smallest absolute Gasteiger partial charge is 0.274 e. The first-order chi connectivity index (χ1) is 15.2. The summed E-state index contributed by atoms with van der Waals surface area (Å²) in [4.78, 5) is 17.0. The predicted octanol–water partition coefficient (Wildman–Crippen LogP) is 4.60. The highest BCUT2D eigenvalue weighted by Gasteiger charge is 2.22. The molecule has 1 aliphatic rings. The molecule has 2 aromatic carbocycles. The van der Waals surface area contributed by atoms with E-state index in [1.807, 2.05) is 49.4 Å². The van der Waals surface area contributed by atoms with E-state index in [0.29, 0.717) is 24.7 Å². The van der Waals surface area contributed by atoms with Crippen LogP contribution in [0.15, 0.2) is 72.8 Å². The van der Waals surface area contributed by atoms with E-state index < -0.39 is 0 Å². The second-order valence-corrected chi connectivity index (χ2v) is 8.20. The van der Waals surface area contributed by atoms with Crippen LogP contribution in [-0.4, -0.2) is 40.6 Å². The van der Waals surface area contributed by atoms with Gasteiger partial charge in [0.1, 0.15) is 0 Å². The van der Waals surface area contributed by atoms with Crippen LogP contribution < -0.4 is 4.90 Å². The van der Waals surface area contributed by atoms with Crippen LogP contribution in [-0.2, 0) is 13.0 Å². The Balaban J connectivity index is 1.33. The van der Waals surface area contributed by atoms with Gasteiger partial charge in [0.15, 0.2) is 11.5 Å². The molecule has 1 aromatic heterocycles. The zero-order chi connectivity index (χ0) is 21.5. The van der Waals surface area contributed by atoms with Gasteiger partial charge in [-0.05, 0) is 55.4 Å². The fourth-order valence-electron chi connectivity index (χ4n) is 4.21. The van der Waals surface area contributed by atoms with Crippen molar-refractivity contribution in [2.24, 2.45) is 5.92 Å². The van der Waals surface area contributed by atoms with Crippen molar-refractivity contribution in [3.8, 4) is 0 Å². The van der Waals surface area contributed by atoms with Gasteiger partial charge in [0.25, 0.3) is 5.91 Å². The van der Waals surface area contributed by atoms with Gasteiger partial charge in [-0.1, -0.05) is 60.7 Å². The van der Waals surface area contributed by atoms with Gasteiger partial charge in [-0.15, -0.1) is 10.2 Å². The molecule has 0 bridgehead atoms. The van der Waals surface area contributed by atoms with E-state index in [-0.39, 0.29) is 5.91 Å². The highest BCUT2D eigenvalue weighted by molar-refractivity contribution is 5.92. The summed E-state index contributed by atoms with van der Waals surface area (Å²) in [6.45, 7) is 5.16. The third kappa shape index (κ3) is 5.48. The van der Waals surface area contributed by atoms with Crippen LogP contribution in [0.5, 0.6) is 0 Å². The lowest BCUT2D eigenvalue weighted by atomic mass is 9.90. The number of rotatable bonds is 7. The maximum atomic E-state index is 12.9. The summed E-state index contributed by atoms with van der Waals surface area (Å²) in [7, 11) is 0. The van der Waals surface area contributed by atoms with Crippen molar-refractivity contribution < 1.29 is 4.79 Å². The minimum absolute atomic E-state index is 0.0769. The molecule has 5 heteroatoms. The molecular formula is C26H30N4O. The first kappa shape index (κ1) is 21.0. The van der Waals surface area contributed by atoms with Gasteiger partial charge in [0.2, 0.25) is 0 Å². The van der Waals surface area contributed by atoms with E-state index in [2.05, 4.69) is 45.4 Å². The Morgan fingerprint density at radius 3 is 2.13 bits per heavy atom. The highest BCUT2D eigenvalue weighted by Crippen LogP contribution is 2.24. The molecular weight excluding hydrogens is 384 g/mol. The number of hydrogen-bond donors (Lipinski definition) is 0. The molecule has 0 N–H and O–H groups in total. The van der Waals surface area contributed by atoms with E-state index in [4.69, 9.17) is 0 Å². The highest BCUT2D eigenvalue weighted by atomic mass is 16.2. The van der Waals surface area contributed by atoms with Crippen LogP contribution in [0.1, 0.15) is 41.4 Å². The number of piperidine rings is 1. The molecule has 0 radical (unpaired) electrons. The van der Waals surface area contributed by atoms with Crippen molar-refractivity contribution in [3.05, 3.63) is 89.6 Å². The van der Waals surface area contributed by atoms with Gasteiger partial charge < -0.3 is 9.80 Å². The van der Waals surface area contributed by atoms with Crippen LogP contribution in [0.25, 0.3) is 0 Å². The average molecular weight is 415 g/mol. The van der Waals surface area contributed by atoms with Crippen LogP contribution in [0.3, 0.4) is 0 Å². The second kappa shape index (κ2) is 10.2. The number of carbonyl (C=O) groups excluding carboxylic acids is 1. The van der Waals surface area contributed by atoms with E-state index in [9.17, 15) is 4.79 Å². The fourth-order valence-corrected chi connectivity index (χ4v) is 4.21. The zero-order valence-electron chi connectivity index (χ0n) is 18.2. The maximum Gasteiger partial charge on any atom is 0.274 e. The van der Waals surface area contributed by atoms with E-state index in [1.54, 1.807) is 4.90 Å². The van der Waals surface area contributed by atoms with Crippen LogP contribution in [0.2, 0.25) is 0 Å². The lowest BCUT2D eigenvalue weighted by Crippen LogP contribution is -2.35. The molecule has 2 heterocycles. The molecule has 0 spiro atoms. The largest absolute Gasteiger partial charge is 0.355 e. The number of aromatic nitrogens is 2. The number of nitrogens with zero attached hydrogens (tertiary/aromatic N) is 4. The van der Waals surface area contributed by atoms with Crippen molar-refractivity contribution in [2.45, 2.75) is 32.7 Å². The Bertz CT molecular complexity index is 952. The molecule has 1 fully saturated rings. The van der Waals surface area contributed by atoms with E-state index in [1.165, 1.54) is 5.56 Å². The summed E-state index contributed by atoms with van der Waals surface area (Å²) in [6, 6.07) is 24.5. The monoisotopic (exact) mass is 414 g/mol. The molecule has 160 valence electrons. The molecule has 1 aliphatic heterocycles. The minimum atomic E-state index is -0.0769. The van der Waals surface area contributed by atoms with Gasteiger partial charge in [0, 0.05) is 26.2 Å². The van der Waals surface area contributed by atoms with E-state index in [0.717, 1.165) is 43.7 Å². The fraction of sp³-hybridized carbons (Fsp3) is 0.346. The van der Waals surface area contributed by atoms with Crippen LogP contribution >= 0.6 is 0 Å². The molecule has 0 unspecified atom stereocenters. The van der Waals surface area contributed by atoms with Crippen molar-refractivity contribution in [2.75, 3.05) is 24.5 Å². The molecule has 31 heavy (non-hydrogen) atoms. The Hall–Kier alpha value is -3.21. The number of hydrogen-bond acceptors (Lipinski definition) is 4. The molecule has 0 atom stereocenters. The maximum absolute atomic E-state index is 12.9. The van der Waals surface area contributed by atoms with Gasteiger partial charge in [-0.25, -0.2) is 0 Å². The van der Waals surface area contributed by atoms with Crippen LogP contribution in [0, 0.1) is 5.92 Å². The zero-order valence-corrected chi connectivity index (χ0v) is 18.2. The predicted molar refractivity (Wildman–Crippen MR) is 124 cm³/mol. The summed E-state index contributed by atoms with van der Waals surface area (Å²) < 4.78 is 0. The van der Waals surface area contributed by atoms with Crippen molar-refractivity contribution in [1.82, 2.24) is 15.1 Å². The van der Waals surface area contributed by atoms with Gasteiger partial charge >= 0.3 is 0 Å². The summed E-state index contributed by atoms with van der Waals surface area (Å²) in [5.41, 5.74) is 2.93. The van der Waals surface area contributed by atoms with Crippen molar-refractivity contribution >= 4 is 11.7 Å². The number of carbonyl (C=O) groups is 1. The van der Waals surface area contributed by atoms with E-state index >= 15 is 0 Å². The first-order valence-corrected chi connectivity index (χ1v) is 11.2. The lowest BCUT2D eigenvalue weighted by Gasteiger charge is -2.32. The summed E-state index contributed by atoms with van der Waals surface area (Å²) >= 11 is 0. The number of amides is 1. The van der Waals surface area contributed by atoms with Crippen LogP contribution in [0.4, 0.5) is 5.82 Å². The number of anilines is 1. The van der Waals surface area contributed by atoms with Crippen molar-refractivity contribution in [1.29, 1.82) is 0 Å². The molecule has 4 rings (SSSR count). The average Bonchev–Trinajstić information content (AvgIpc) is 2.84. The van der Waals surface area contributed by atoms with Gasteiger partial charge in [-0.3, -0.25) is 4.79 Å². The Morgan fingerprint density at radius 1 is 0.903 bits per heavy atom. The summed E-state index contributed by atoms with van der Waals surface area (Å²) in [5.74, 6) is 1.50. The molecule has 0 aliphatic carbocycles. The Kier molecular flexibility index (Phi) is 6.92. The van der Waals surface area contributed by atoms with Crippen molar-refractivity contribution in [3.63, 3.8) is 0 Å². The normalized spacial score (nSPS) is 14.4. The molecule has 5 nitrogen and oxygen atoms in total. The summed E-state index contributed by atoms with van der Waals surface area (Å²) in [5, 5.41) is 8.65. The first-order valence-electron chi connectivity index (χ1n) is 11.2. The van der Waals surface area contributed by atoms with Gasteiger partial charge in [-0.2, -0.15) is 0 Å². The quantitative estimate of drug-likeness (QED) is 0.567. The minimum Gasteiger partial charge on any atom is -0.355 e. The van der Waals surface area contributed by atoms with Gasteiger partial charge in [0.05, 0.1) is 0 Å². The topological polar surface area (TPSA) is 49.3 Å². The SMILES string of the molecule is CCN(Cc1ccccc1)C(=O)c1ccc(N2CCC(Cc3ccccc3)CC2)nn1.